The SMILES string of the molecule is C=CCCNc1ccc(F)c(F)c1. The lowest BCUT2D eigenvalue weighted by Crippen LogP contribution is -2.00. The molecule has 0 aromatic heterocycles. The summed E-state index contributed by atoms with van der Waals surface area (Å²) in [7, 11) is 0. The first kappa shape index (κ1) is 9.71. The van der Waals surface area contributed by atoms with E-state index in [-0.39, 0.29) is 0 Å². The Kier molecular flexibility index (Phi) is 3.43. The van der Waals surface area contributed by atoms with Crippen molar-refractivity contribution in [1.29, 1.82) is 0 Å². The third-order valence-corrected chi connectivity index (χ3v) is 1.60. The van der Waals surface area contributed by atoms with Gasteiger partial charge in [-0.05, 0) is 24.6 Å². The lowest BCUT2D eigenvalue weighted by atomic mass is 10.3. The second-order valence-electron chi connectivity index (χ2n) is 2.63. The van der Waals surface area contributed by atoms with E-state index in [0.29, 0.717) is 12.2 Å². The van der Waals surface area contributed by atoms with Gasteiger partial charge in [-0.2, -0.15) is 0 Å². The van der Waals surface area contributed by atoms with Gasteiger partial charge in [-0.15, -0.1) is 6.58 Å². The van der Waals surface area contributed by atoms with Crippen LogP contribution in [0.5, 0.6) is 0 Å². The van der Waals surface area contributed by atoms with E-state index >= 15 is 0 Å². The summed E-state index contributed by atoms with van der Waals surface area (Å²) < 4.78 is 25.1. The maximum atomic E-state index is 12.7. The summed E-state index contributed by atoms with van der Waals surface area (Å²) in [6, 6.07) is 3.74. The summed E-state index contributed by atoms with van der Waals surface area (Å²) in [5, 5.41) is 2.94. The van der Waals surface area contributed by atoms with Crippen molar-refractivity contribution in [3.8, 4) is 0 Å². The fourth-order valence-corrected chi connectivity index (χ4v) is 0.925. The molecule has 0 radical (unpaired) electrons. The van der Waals surface area contributed by atoms with Crippen molar-refractivity contribution in [2.24, 2.45) is 0 Å². The van der Waals surface area contributed by atoms with Gasteiger partial charge in [0.05, 0.1) is 0 Å². The first-order valence-corrected chi connectivity index (χ1v) is 4.04. The Bertz CT molecular complexity index is 297. The van der Waals surface area contributed by atoms with E-state index in [1.165, 1.54) is 6.07 Å². The van der Waals surface area contributed by atoms with Crippen molar-refractivity contribution in [2.75, 3.05) is 11.9 Å². The molecule has 0 saturated heterocycles. The highest BCUT2D eigenvalue weighted by Crippen LogP contribution is 2.12. The lowest BCUT2D eigenvalue weighted by molar-refractivity contribution is 0.509. The molecule has 70 valence electrons. The summed E-state index contributed by atoms with van der Waals surface area (Å²) >= 11 is 0. The fourth-order valence-electron chi connectivity index (χ4n) is 0.925. The molecule has 1 rings (SSSR count). The minimum Gasteiger partial charge on any atom is -0.385 e. The second-order valence-corrected chi connectivity index (χ2v) is 2.63. The Morgan fingerprint density at radius 3 is 2.69 bits per heavy atom. The Labute approximate surface area is 76.1 Å². The molecular weight excluding hydrogens is 172 g/mol. The van der Waals surface area contributed by atoms with Crippen molar-refractivity contribution in [3.63, 3.8) is 0 Å². The van der Waals surface area contributed by atoms with Gasteiger partial charge in [0.1, 0.15) is 0 Å². The highest BCUT2D eigenvalue weighted by molar-refractivity contribution is 5.43. The van der Waals surface area contributed by atoms with E-state index in [0.717, 1.165) is 18.6 Å². The number of hydrogen-bond acceptors (Lipinski definition) is 1. The monoisotopic (exact) mass is 183 g/mol. The smallest absolute Gasteiger partial charge is 0.160 e. The molecule has 0 amide bonds. The zero-order valence-electron chi connectivity index (χ0n) is 7.19. The molecule has 13 heavy (non-hydrogen) atoms. The number of benzene rings is 1. The predicted octanol–water partition coefficient (Wildman–Crippen LogP) is 2.95. The van der Waals surface area contributed by atoms with Crippen LogP contribution in [0.25, 0.3) is 0 Å². The molecule has 0 spiro atoms. The van der Waals surface area contributed by atoms with Gasteiger partial charge in [-0.25, -0.2) is 8.78 Å². The van der Waals surface area contributed by atoms with Crippen LogP contribution in [-0.2, 0) is 0 Å². The van der Waals surface area contributed by atoms with E-state index in [4.69, 9.17) is 0 Å². The molecule has 1 aromatic rings. The summed E-state index contributed by atoms with van der Waals surface area (Å²) in [6.45, 7) is 4.22. The molecule has 3 heteroatoms. The number of halogens is 2. The molecule has 1 N–H and O–H groups in total. The molecule has 0 bridgehead atoms. The van der Waals surface area contributed by atoms with E-state index in [2.05, 4.69) is 11.9 Å². The first-order chi connectivity index (χ1) is 6.24. The molecule has 0 aliphatic carbocycles. The summed E-state index contributed by atoms with van der Waals surface area (Å²) in [6.07, 6.45) is 2.55. The van der Waals surface area contributed by atoms with Gasteiger partial charge in [0.15, 0.2) is 11.6 Å². The molecule has 0 fully saturated rings. The largest absolute Gasteiger partial charge is 0.385 e. The Hall–Kier alpha value is -1.38. The molecule has 0 atom stereocenters. The van der Waals surface area contributed by atoms with Gasteiger partial charge >= 0.3 is 0 Å². The van der Waals surface area contributed by atoms with Crippen LogP contribution in [0.3, 0.4) is 0 Å². The summed E-state index contributed by atoms with van der Waals surface area (Å²) in [4.78, 5) is 0. The van der Waals surface area contributed by atoms with Gasteiger partial charge in [-0.3, -0.25) is 0 Å². The van der Waals surface area contributed by atoms with Crippen LogP contribution in [0.4, 0.5) is 14.5 Å². The van der Waals surface area contributed by atoms with Crippen LogP contribution in [0.2, 0.25) is 0 Å². The molecule has 0 unspecified atom stereocenters. The summed E-state index contributed by atoms with van der Waals surface area (Å²) in [5.74, 6) is -1.65. The highest BCUT2D eigenvalue weighted by Gasteiger charge is 2.00. The van der Waals surface area contributed by atoms with Gasteiger partial charge in [-0.1, -0.05) is 6.08 Å². The molecule has 0 saturated carbocycles. The molecule has 0 aliphatic heterocycles. The van der Waals surface area contributed by atoms with E-state index in [1.807, 2.05) is 0 Å². The first-order valence-electron chi connectivity index (χ1n) is 4.04. The van der Waals surface area contributed by atoms with Gasteiger partial charge < -0.3 is 5.32 Å². The molecular formula is C10H11F2N. The maximum absolute atomic E-state index is 12.7. The van der Waals surface area contributed by atoms with Crippen LogP contribution in [-0.4, -0.2) is 6.54 Å². The van der Waals surface area contributed by atoms with Gasteiger partial charge in [0.25, 0.3) is 0 Å². The van der Waals surface area contributed by atoms with Crippen LogP contribution in [0, 0.1) is 11.6 Å². The third kappa shape index (κ3) is 2.86. The number of hydrogen-bond donors (Lipinski definition) is 1. The second kappa shape index (κ2) is 4.60. The van der Waals surface area contributed by atoms with Crippen LogP contribution >= 0.6 is 0 Å². The van der Waals surface area contributed by atoms with Gasteiger partial charge in [0, 0.05) is 12.2 Å². The van der Waals surface area contributed by atoms with Crippen molar-refractivity contribution in [2.45, 2.75) is 6.42 Å². The van der Waals surface area contributed by atoms with Crippen LogP contribution in [0.15, 0.2) is 30.9 Å². The quantitative estimate of drug-likeness (QED) is 0.559. The van der Waals surface area contributed by atoms with E-state index in [9.17, 15) is 8.78 Å². The maximum Gasteiger partial charge on any atom is 0.160 e. The number of rotatable bonds is 4. The zero-order chi connectivity index (χ0) is 9.68. The van der Waals surface area contributed by atoms with E-state index < -0.39 is 11.6 Å². The molecule has 0 aliphatic rings. The van der Waals surface area contributed by atoms with Crippen molar-refractivity contribution in [1.82, 2.24) is 0 Å². The predicted molar refractivity (Wildman–Crippen MR) is 49.7 cm³/mol. The third-order valence-electron chi connectivity index (χ3n) is 1.60. The van der Waals surface area contributed by atoms with Crippen LogP contribution in [0.1, 0.15) is 6.42 Å². The van der Waals surface area contributed by atoms with E-state index in [1.54, 1.807) is 6.08 Å². The highest BCUT2D eigenvalue weighted by atomic mass is 19.2. The average molecular weight is 183 g/mol. The number of anilines is 1. The normalized spacial score (nSPS) is 9.69. The Morgan fingerprint density at radius 1 is 1.31 bits per heavy atom. The van der Waals surface area contributed by atoms with Crippen LogP contribution < -0.4 is 5.32 Å². The fraction of sp³-hybridized carbons (Fsp3) is 0.200. The minimum absolute atomic E-state index is 0.584. The Morgan fingerprint density at radius 2 is 2.08 bits per heavy atom. The Balaban J connectivity index is 2.57. The summed E-state index contributed by atoms with van der Waals surface area (Å²) in [5.41, 5.74) is 0.584. The molecule has 1 nitrogen and oxygen atoms in total. The minimum atomic E-state index is -0.830. The van der Waals surface area contributed by atoms with Crippen molar-refractivity contribution in [3.05, 3.63) is 42.5 Å². The standard InChI is InChI=1S/C10H11F2N/c1-2-3-6-13-8-4-5-9(11)10(12)7-8/h2,4-5,7,13H,1,3,6H2. The number of nitrogens with one attached hydrogen (secondary N) is 1. The lowest BCUT2D eigenvalue weighted by Gasteiger charge is -2.04. The molecule has 1 aromatic carbocycles. The average Bonchev–Trinajstić information content (AvgIpc) is 2.12. The zero-order valence-corrected chi connectivity index (χ0v) is 7.19. The topological polar surface area (TPSA) is 12.0 Å². The molecule has 0 heterocycles. The van der Waals surface area contributed by atoms with Crippen molar-refractivity contribution >= 4 is 5.69 Å². The van der Waals surface area contributed by atoms with Gasteiger partial charge in [0.2, 0.25) is 0 Å². The van der Waals surface area contributed by atoms with Crippen molar-refractivity contribution < 1.29 is 8.78 Å².